The van der Waals surface area contributed by atoms with Gasteiger partial charge in [-0.05, 0) is 6.42 Å². The Bertz CT molecular complexity index is 213. The zero-order valence-electron chi connectivity index (χ0n) is 6.40. The van der Waals surface area contributed by atoms with Gasteiger partial charge in [0.15, 0.2) is 0 Å². The second kappa shape index (κ2) is 3.66. The Labute approximate surface area is 69.3 Å². The number of aliphatic hydroxyl groups excluding tert-OH is 2. The summed E-state index contributed by atoms with van der Waals surface area (Å²) in [6, 6.07) is 0. The summed E-state index contributed by atoms with van der Waals surface area (Å²) in [7, 11) is 0. The van der Waals surface area contributed by atoms with Gasteiger partial charge in [-0.25, -0.2) is 5.48 Å². The highest BCUT2D eigenvalue weighted by molar-refractivity contribution is 5.92. The van der Waals surface area contributed by atoms with E-state index in [1.165, 1.54) is 11.6 Å². The molecule has 0 unspecified atom stereocenters. The van der Waals surface area contributed by atoms with E-state index in [0.29, 0.717) is 5.57 Å². The number of hydroxylamine groups is 1. The van der Waals surface area contributed by atoms with Gasteiger partial charge in [-0.15, -0.1) is 0 Å². The summed E-state index contributed by atoms with van der Waals surface area (Å²) in [5.41, 5.74) is 1.77. The number of rotatable bonds is 1. The van der Waals surface area contributed by atoms with E-state index < -0.39 is 18.1 Å². The van der Waals surface area contributed by atoms with Crippen LogP contribution < -0.4 is 5.48 Å². The van der Waals surface area contributed by atoms with Crippen LogP contribution in [0.25, 0.3) is 0 Å². The minimum atomic E-state index is -0.915. The maximum absolute atomic E-state index is 10.8. The van der Waals surface area contributed by atoms with Gasteiger partial charge in [0, 0.05) is 12.0 Å². The molecule has 0 radical (unpaired) electrons. The Balaban J connectivity index is 2.64. The zero-order valence-corrected chi connectivity index (χ0v) is 6.40. The van der Waals surface area contributed by atoms with Crippen LogP contribution in [0, 0.1) is 0 Å². The lowest BCUT2D eigenvalue weighted by Crippen LogP contribution is -2.33. The fourth-order valence-corrected chi connectivity index (χ4v) is 1.12. The van der Waals surface area contributed by atoms with E-state index >= 15 is 0 Å². The Kier molecular flexibility index (Phi) is 2.80. The highest BCUT2D eigenvalue weighted by Gasteiger charge is 2.24. The molecule has 2 atom stereocenters. The molecule has 5 nitrogen and oxygen atoms in total. The molecule has 0 aromatic heterocycles. The predicted molar refractivity (Wildman–Crippen MR) is 39.3 cm³/mol. The fourth-order valence-electron chi connectivity index (χ4n) is 1.12. The summed E-state index contributed by atoms with van der Waals surface area (Å²) in [5.74, 6) is -0.624. The van der Waals surface area contributed by atoms with E-state index in [-0.39, 0.29) is 12.8 Å². The summed E-state index contributed by atoms with van der Waals surface area (Å²) in [6.45, 7) is 0. The van der Waals surface area contributed by atoms with Crippen LogP contribution in [0.3, 0.4) is 0 Å². The molecule has 0 aliphatic heterocycles. The smallest absolute Gasteiger partial charge is 0.270 e. The van der Waals surface area contributed by atoms with Crippen molar-refractivity contribution in [1.29, 1.82) is 0 Å². The van der Waals surface area contributed by atoms with Gasteiger partial charge in [0.2, 0.25) is 0 Å². The highest BCUT2D eigenvalue weighted by atomic mass is 16.5. The van der Waals surface area contributed by atoms with Crippen molar-refractivity contribution in [1.82, 2.24) is 5.48 Å². The number of hydrogen-bond acceptors (Lipinski definition) is 4. The number of carbonyl (C=O) groups excluding carboxylic acids is 1. The van der Waals surface area contributed by atoms with Crippen LogP contribution in [0.4, 0.5) is 0 Å². The number of amides is 1. The monoisotopic (exact) mass is 173 g/mol. The molecular formula is C7H11NO4. The first-order valence-electron chi connectivity index (χ1n) is 3.64. The Morgan fingerprint density at radius 2 is 2.17 bits per heavy atom. The molecule has 1 aliphatic rings. The van der Waals surface area contributed by atoms with E-state index in [9.17, 15) is 4.79 Å². The van der Waals surface area contributed by atoms with E-state index in [1.807, 2.05) is 0 Å². The molecule has 0 heterocycles. The van der Waals surface area contributed by atoms with Crippen molar-refractivity contribution in [2.45, 2.75) is 25.0 Å². The minimum Gasteiger partial charge on any atom is -0.390 e. The van der Waals surface area contributed by atoms with Gasteiger partial charge in [-0.2, -0.15) is 0 Å². The van der Waals surface area contributed by atoms with Crippen molar-refractivity contribution >= 4 is 5.91 Å². The molecule has 1 rings (SSSR count). The number of nitrogens with one attached hydrogen (secondary N) is 1. The molecule has 1 aliphatic carbocycles. The second-order valence-corrected chi connectivity index (χ2v) is 2.74. The van der Waals surface area contributed by atoms with E-state index in [0.717, 1.165) is 0 Å². The standard InChI is InChI=1S/C7H11NO4/c9-5-2-1-4(3-6(5)10)7(11)8-12/h1,5-6,9-10,12H,2-3H2,(H,8,11)/t5-,6-/m1/s1. The molecule has 68 valence electrons. The van der Waals surface area contributed by atoms with Crippen LogP contribution in [0.15, 0.2) is 11.6 Å². The number of carbonyl (C=O) groups is 1. The lowest BCUT2D eigenvalue weighted by molar-refractivity contribution is -0.126. The first-order valence-corrected chi connectivity index (χ1v) is 3.64. The average molecular weight is 173 g/mol. The number of aliphatic hydroxyl groups is 2. The lowest BCUT2D eigenvalue weighted by atomic mass is 9.94. The van der Waals surface area contributed by atoms with Gasteiger partial charge in [-0.3, -0.25) is 10.0 Å². The topological polar surface area (TPSA) is 89.8 Å². The van der Waals surface area contributed by atoms with E-state index in [4.69, 9.17) is 15.4 Å². The Morgan fingerprint density at radius 3 is 2.67 bits per heavy atom. The molecule has 0 aromatic rings. The third-order valence-electron chi connectivity index (χ3n) is 1.87. The minimum absolute atomic E-state index is 0.0769. The molecule has 0 saturated carbocycles. The van der Waals surface area contributed by atoms with Gasteiger partial charge < -0.3 is 10.2 Å². The van der Waals surface area contributed by atoms with Crippen molar-refractivity contribution in [3.8, 4) is 0 Å². The molecule has 0 aromatic carbocycles. The maximum Gasteiger partial charge on any atom is 0.270 e. The van der Waals surface area contributed by atoms with Gasteiger partial charge in [0.25, 0.3) is 5.91 Å². The third kappa shape index (κ3) is 1.82. The zero-order chi connectivity index (χ0) is 9.14. The van der Waals surface area contributed by atoms with Crippen LogP contribution in [0.1, 0.15) is 12.8 Å². The quantitative estimate of drug-likeness (QED) is 0.300. The van der Waals surface area contributed by atoms with Gasteiger partial charge in [0.05, 0.1) is 12.2 Å². The van der Waals surface area contributed by atoms with Crippen molar-refractivity contribution < 1.29 is 20.2 Å². The second-order valence-electron chi connectivity index (χ2n) is 2.74. The van der Waals surface area contributed by atoms with Crippen LogP contribution >= 0.6 is 0 Å². The molecule has 0 bridgehead atoms. The van der Waals surface area contributed by atoms with Gasteiger partial charge in [-0.1, -0.05) is 6.08 Å². The molecular weight excluding hydrogens is 162 g/mol. The summed E-state index contributed by atoms with van der Waals surface area (Å²) >= 11 is 0. The predicted octanol–water partition coefficient (Wildman–Crippen LogP) is -1.07. The summed E-state index contributed by atoms with van der Waals surface area (Å²) in [4.78, 5) is 10.8. The van der Waals surface area contributed by atoms with Crippen LogP contribution in [0.2, 0.25) is 0 Å². The molecule has 0 spiro atoms. The van der Waals surface area contributed by atoms with Crippen molar-refractivity contribution in [2.24, 2.45) is 0 Å². The molecule has 0 fully saturated rings. The fraction of sp³-hybridized carbons (Fsp3) is 0.571. The first-order chi connectivity index (χ1) is 5.65. The summed E-state index contributed by atoms with van der Waals surface area (Å²) in [6.07, 6.45) is 0.1000. The van der Waals surface area contributed by atoms with E-state index in [2.05, 4.69) is 0 Å². The largest absolute Gasteiger partial charge is 0.390 e. The van der Waals surface area contributed by atoms with Crippen molar-refractivity contribution in [2.75, 3.05) is 0 Å². The normalized spacial score (nSPS) is 29.4. The van der Waals surface area contributed by atoms with Crippen LogP contribution in [-0.2, 0) is 4.79 Å². The molecule has 12 heavy (non-hydrogen) atoms. The molecule has 5 heteroatoms. The Morgan fingerprint density at radius 1 is 1.50 bits per heavy atom. The first kappa shape index (κ1) is 9.18. The van der Waals surface area contributed by atoms with Gasteiger partial charge >= 0.3 is 0 Å². The van der Waals surface area contributed by atoms with Crippen LogP contribution in [0.5, 0.6) is 0 Å². The third-order valence-corrected chi connectivity index (χ3v) is 1.87. The molecule has 0 saturated heterocycles. The lowest BCUT2D eigenvalue weighted by Gasteiger charge is -2.22. The molecule has 4 N–H and O–H groups in total. The summed E-state index contributed by atoms with van der Waals surface area (Å²) < 4.78 is 0. The van der Waals surface area contributed by atoms with Crippen LogP contribution in [-0.4, -0.2) is 33.5 Å². The summed E-state index contributed by atoms with van der Waals surface area (Å²) in [5, 5.41) is 26.5. The molecule has 1 amide bonds. The van der Waals surface area contributed by atoms with Gasteiger partial charge in [0.1, 0.15) is 0 Å². The van der Waals surface area contributed by atoms with E-state index in [1.54, 1.807) is 0 Å². The van der Waals surface area contributed by atoms with Crippen molar-refractivity contribution in [3.05, 3.63) is 11.6 Å². The maximum atomic E-state index is 10.8. The number of hydrogen-bond donors (Lipinski definition) is 4. The Hall–Kier alpha value is -0.910. The SMILES string of the molecule is O=C(NO)C1=CC[C@@H](O)[C@H](O)C1. The average Bonchev–Trinajstić information content (AvgIpc) is 2.08. The van der Waals surface area contributed by atoms with Crippen molar-refractivity contribution in [3.63, 3.8) is 0 Å². The highest BCUT2D eigenvalue weighted by Crippen LogP contribution is 2.18.